The summed E-state index contributed by atoms with van der Waals surface area (Å²) in [6, 6.07) is 35.6. The number of fused-ring (bicyclic) bond motifs is 6. The maximum absolute atomic E-state index is 14.2. The summed E-state index contributed by atoms with van der Waals surface area (Å²) in [4.78, 5) is 51.2. The average molecular weight is 1760 g/mol. The first-order valence-corrected chi connectivity index (χ1v) is 45.4. The Morgan fingerprint density at radius 3 is 1.08 bits per heavy atom. The molecular formula is C88H98BrF3N8O16S3. The molecule has 3 spiro atoms. The summed E-state index contributed by atoms with van der Waals surface area (Å²) in [5.74, 6) is 1.26. The van der Waals surface area contributed by atoms with Gasteiger partial charge in [0.05, 0.1) is 86.2 Å². The third kappa shape index (κ3) is 17.0. The van der Waals surface area contributed by atoms with Crippen LogP contribution in [0, 0.1) is 17.5 Å². The minimum atomic E-state index is -4.17. The fourth-order valence-corrected chi connectivity index (χ4v) is 22.3. The summed E-state index contributed by atoms with van der Waals surface area (Å²) in [7, 11) is -0.290. The number of sulfonamides is 3. The van der Waals surface area contributed by atoms with E-state index in [2.05, 4.69) is 65.9 Å². The number of amides is 2. The van der Waals surface area contributed by atoms with Crippen LogP contribution in [0.4, 0.5) is 41.6 Å². The number of methoxy groups -OCH3 is 4. The number of piperidine rings is 3. The lowest BCUT2D eigenvalue weighted by atomic mass is 9.64. The Morgan fingerprint density at radius 2 is 0.739 bits per heavy atom. The zero-order valence-electron chi connectivity index (χ0n) is 67.5. The van der Waals surface area contributed by atoms with Gasteiger partial charge in [0.25, 0.3) is 30.1 Å². The Morgan fingerprint density at radius 1 is 0.403 bits per heavy atom. The standard InChI is InChI=1S/C32H36FN3O6S.C31H33BrFN3O5S.C25H29FN2O5S/c1-35-15-11-25(12-16-35)42-28-19-23(34-43(38,39)29-10-7-22(33)17-27(29)41-3)18-26-30(28)36(31(37)32(26)13-4-14-32)20-21-5-8-24(40-2)9-6-21;1-35-14-10-24(11-15-35)41-27-18-22(34-42(38,39)28-9-6-21(33)16-26(28)32)17-25-29(27)36(30(37)31(25)12-3-13-31)19-20-4-7-23(40-2)8-5-20;1-28-10-6-18(7-11-28)33-21-14-17(13-20-19(21)15-24(29)25(20)8-3-9-25)27-34(30,31)23-5-4-16(26)12-22(23)32-2/h5-10,17-19,25,34H,4,11-16,20H2,1-3H3;4-9,16-18,24,34H,3,10-15,19H2,1-2H3;4-5,12-14,18,27H,3,6-11,15H2,1-2H3. The molecule has 3 N–H and O–H groups in total. The van der Waals surface area contributed by atoms with E-state index in [0.717, 1.165) is 191 Å². The summed E-state index contributed by atoms with van der Waals surface area (Å²) in [6.07, 6.45) is 12.2. The van der Waals surface area contributed by atoms with Gasteiger partial charge >= 0.3 is 0 Å². The number of ether oxygens (including phenoxy) is 7. The van der Waals surface area contributed by atoms with Crippen molar-refractivity contribution in [1.29, 1.82) is 0 Å². The molecule has 6 fully saturated rings. The number of rotatable bonds is 23. The Kier molecular flexibility index (Phi) is 24.2. The molecule has 0 unspecified atom stereocenters. The predicted molar refractivity (Wildman–Crippen MR) is 449 cm³/mol. The molecule has 0 aromatic heterocycles. The molecule has 31 heteroatoms. The van der Waals surface area contributed by atoms with E-state index in [9.17, 15) is 52.8 Å². The van der Waals surface area contributed by atoms with Crippen molar-refractivity contribution in [2.45, 2.75) is 165 Å². The summed E-state index contributed by atoms with van der Waals surface area (Å²) < 4.78 is 170. The van der Waals surface area contributed by atoms with Crippen LogP contribution in [0.2, 0.25) is 0 Å². The van der Waals surface area contributed by atoms with Gasteiger partial charge in [0.15, 0.2) is 0 Å². The SMILES string of the molecule is COc1cc(F)ccc1S(=O)(=O)Nc1cc(OC2CCN(C)CC2)c2c(c1)C1(CCC1)C(=O)C2.COc1ccc(CN2C(=O)C3(CCC3)c3cc(NS(=O)(=O)c4ccc(F)cc4Br)cc(OC4CCN(C)CC4)c32)cc1.COc1ccc(CN2C(=O)C3(CCC3)c3cc(NS(=O)(=O)c4ccc(F)cc4OC)cc(OC4CCN(C)CC4)c32)cc1. The highest BCUT2D eigenvalue weighted by Crippen LogP contribution is 2.60. The first-order chi connectivity index (χ1) is 56.9. The second kappa shape index (κ2) is 34.1. The number of halogens is 4. The molecule has 3 saturated heterocycles. The van der Waals surface area contributed by atoms with Crippen molar-refractivity contribution >= 4 is 92.0 Å². The van der Waals surface area contributed by atoms with Crippen LogP contribution in [0.1, 0.15) is 130 Å². The molecule has 9 aliphatic rings. The number of hydrogen-bond donors (Lipinski definition) is 3. The topological polar surface area (TPSA) is 271 Å². The van der Waals surface area contributed by atoms with Gasteiger partial charge in [0.2, 0.25) is 11.8 Å². The normalized spacial score (nSPS) is 18.9. The van der Waals surface area contributed by atoms with Crippen molar-refractivity contribution in [1.82, 2.24) is 14.7 Å². The smallest absolute Gasteiger partial charge is 0.265 e. The van der Waals surface area contributed by atoms with Crippen LogP contribution in [-0.4, -0.2) is 165 Å². The number of benzene rings is 8. The van der Waals surface area contributed by atoms with Crippen molar-refractivity contribution in [3.63, 3.8) is 0 Å². The summed E-state index contributed by atoms with van der Waals surface area (Å²) in [6.45, 7) is 6.07. The maximum atomic E-state index is 14.2. The minimum absolute atomic E-state index is 0.00185. The minimum Gasteiger partial charge on any atom is -0.497 e. The van der Waals surface area contributed by atoms with E-state index in [1.807, 2.05) is 48.5 Å². The number of anilines is 5. The van der Waals surface area contributed by atoms with Crippen LogP contribution >= 0.6 is 15.9 Å². The summed E-state index contributed by atoms with van der Waals surface area (Å²) in [5, 5.41) is 0. The molecule has 8 aromatic rings. The third-order valence-corrected chi connectivity index (χ3v) is 30.1. The molecule has 4 aliphatic carbocycles. The average Bonchev–Trinajstić information content (AvgIpc) is 1.56. The number of Topliss-reactive ketones (excluding diaryl/α,β-unsaturated/α-hetero) is 1. The molecule has 3 saturated carbocycles. The summed E-state index contributed by atoms with van der Waals surface area (Å²) >= 11 is 3.18. The van der Waals surface area contributed by atoms with Gasteiger partial charge in [-0.1, -0.05) is 43.5 Å². The Bertz CT molecular complexity index is 5560. The molecule has 24 nitrogen and oxygen atoms in total. The van der Waals surface area contributed by atoms with Crippen LogP contribution in [0.3, 0.4) is 0 Å². The molecule has 632 valence electrons. The predicted octanol–water partition coefficient (Wildman–Crippen LogP) is 14.6. The number of nitrogens with one attached hydrogen (secondary N) is 3. The van der Waals surface area contributed by atoms with Crippen molar-refractivity contribution in [3.05, 3.63) is 195 Å². The van der Waals surface area contributed by atoms with E-state index in [-0.39, 0.29) is 72.3 Å². The Hall–Kier alpha value is -9.63. The molecule has 17 rings (SSSR count). The van der Waals surface area contributed by atoms with E-state index in [1.165, 1.54) is 32.4 Å². The Labute approximate surface area is 701 Å². The highest BCUT2D eigenvalue weighted by Gasteiger charge is 2.58. The molecule has 0 radical (unpaired) electrons. The number of carbonyl (C=O) groups is 3. The van der Waals surface area contributed by atoms with Gasteiger partial charge in [0.1, 0.15) is 96.5 Å². The Balaban J connectivity index is 0.000000140. The van der Waals surface area contributed by atoms with Gasteiger partial charge < -0.3 is 57.7 Å². The first-order valence-electron chi connectivity index (χ1n) is 40.2. The van der Waals surface area contributed by atoms with Crippen LogP contribution in [-0.2, 0) is 80.2 Å². The van der Waals surface area contributed by atoms with Crippen molar-refractivity contribution in [2.24, 2.45) is 0 Å². The lowest BCUT2D eigenvalue weighted by Gasteiger charge is -2.38. The van der Waals surface area contributed by atoms with Gasteiger partial charge in [-0.15, -0.1) is 0 Å². The van der Waals surface area contributed by atoms with Gasteiger partial charge in [-0.3, -0.25) is 28.5 Å². The molecule has 5 heterocycles. The largest absolute Gasteiger partial charge is 0.497 e. The van der Waals surface area contributed by atoms with Crippen LogP contribution in [0.15, 0.2) is 159 Å². The van der Waals surface area contributed by atoms with Crippen LogP contribution < -0.4 is 57.1 Å². The number of nitrogens with zero attached hydrogens (tertiary/aromatic N) is 5. The lowest BCUT2D eigenvalue weighted by Crippen LogP contribution is -2.44. The molecule has 119 heavy (non-hydrogen) atoms. The molecular weight excluding hydrogens is 1660 g/mol. The highest BCUT2D eigenvalue weighted by atomic mass is 79.9. The second-order valence-corrected chi connectivity index (χ2v) is 38.3. The molecule has 0 atom stereocenters. The van der Waals surface area contributed by atoms with Crippen LogP contribution in [0.5, 0.6) is 40.2 Å². The number of likely N-dealkylation sites (tertiary alicyclic amines) is 3. The zero-order valence-corrected chi connectivity index (χ0v) is 71.5. The van der Waals surface area contributed by atoms with Gasteiger partial charge in [0, 0.05) is 86.1 Å². The second-order valence-electron chi connectivity index (χ2n) is 32.5. The van der Waals surface area contributed by atoms with E-state index in [4.69, 9.17) is 33.2 Å². The fourth-order valence-electron chi connectivity index (χ4n) is 17.8. The third-order valence-electron chi connectivity index (χ3n) is 24.9. The van der Waals surface area contributed by atoms with Crippen molar-refractivity contribution < 1.29 is 86.0 Å². The van der Waals surface area contributed by atoms with E-state index < -0.39 is 63.8 Å². The van der Waals surface area contributed by atoms with Gasteiger partial charge in [-0.2, -0.15) is 0 Å². The van der Waals surface area contributed by atoms with E-state index in [0.29, 0.717) is 85.2 Å². The number of hydrogen-bond acceptors (Lipinski definition) is 19. The van der Waals surface area contributed by atoms with E-state index >= 15 is 0 Å². The van der Waals surface area contributed by atoms with Crippen LogP contribution in [0.25, 0.3) is 0 Å². The zero-order chi connectivity index (χ0) is 84.1. The summed E-state index contributed by atoms with van der Waals surface area (Å²) in [5.41, 5.74) is 5.52. The fraction of sp³-hybridized carbons (Fsp3) is 0.420. The number of carbonyl (C=O) groups excluding carboxylic acids is 3. The van der Waals surface area contributed by atoms with Gasteiger partial charge in [-0.05, 0) is 227 Å². The number of ketones is 1. The molecule has 5 aliphatic heterocycles. The quantitative estimate of drug-likeness (QED) is 0.0537. The molecule has 8 aromatic carbocycles. The maximum Gasteiger partial charge on any atom is 0.265 e. The van der Waals surface area contributed by atoms with Crippen molar-refractivity contribution in [3.8, 4) is 40.2 Å². The molecule has 2 amide bonds. The highest BCUT2D eigenvalue weighted by molar-refractivity contribution is 9.10. The first kappa shape index (κ1) is 84.4. The van der Waals surface area contributed by atoms with Gasteiger partial charge in [-0.25, -0.2) is 38.4 Å². The monoisotopic (exact) mass is 1750 g/mol. The lowest BCUT2D eigenvalue weighted by molar-refractivity contribution is -0.126. The molecule has 0 bridgehead atoms. The van der Waals surface area contributed by atoms with E-state index in [1.54, 1.807) is 60.4 Å². The van der Waals surface area contributed by atoms with Crippen molar-refractivity contribution in [2.75, 3.05) is 113 Å².